The number of benzene rings is 2. The summed E-state index contributed by atoms with van der Waals surface area (Å²) in [5, 5.41) is 9.37. The summed E-state index contributed by atoms with van der Waals surface area (Å²) in [6.07, 6.45) is 5.23. The summed E-state index contributed by atoms with van der Waals surface area (Å²) in [4.78, 5) is 32.9. The van der Waals surface area contributed by atoms with Gasteiger partial charge >= 0.3 is 0 Å². The van der Waals surface area contributed by atoms with E-state index in [4.69, 9.17) is 4.52 Å². The molecule has 7 nitrogen and oxygen atoms in total. The Labute approximate surface area is 187 Å². The monoisotopic (exact) mass is 432 g/mol. The molecule has 7 heteroatoms. The first-order valence-corrected chi connectivity index (χ1v) is 11.5. The summed E-state index contributed by atoms with van der Waals surface area (Å²) in [6.45, 7) is 2.86. The normalized spacial score (nSPS) is 20.4. The molecule has 2 heterocycles. The summed E-state index contributed by atoms with van der Waals surface area (Å²) in [5.41, 5.74) is 0.134. The smallest absolute Gasteiger partial charge is 0.254 e. The van der Waals surface area contributed by atoms with Crippen molar-refractivity contribution >= 4 is 22.6 Å². The number of rotatable bonds is 4. The Balaban J connectivity index is 1.33. The number of piperidine rings is 1. The van der Waals surface area contributed by atoms with Crippen LogP contribution in [0.2, 0.25) is 0 Å². The zero-order chi connectivity index (χ0) is 22.1. The number of hydrogen-bond donors (Lipinski definition) is 1. The largest absolute Gasteiger partial charge is 0.343 e. The Hall–Kier alpha value is -3.22. The molecule has 1 aromatic heterocycles. The molecule has 1 saturated heterocycles. The number of carbonyl (C=O) groups is 2. The van der Waals surface area contributed by atoms with Crippen LogP contribution in [0.1, 0.15) is 60.6 Å². The van der Waals surface area contributed by atoms with Crippen LogP contribution in [0, 0.1) is 12.8 Å². The summed E-state index contributed by atoms with van der Waals surface area (Å²) in [6, 6.07) is 13.7. The molecule has 32 heavy (non-hydrogen) atoms. The lowest BCUT2D eigenvalue weighted by atomic mass is 9.91. The lowest BCUT2D eigenvalue weighted by Crippen LogP contribution is -2.51. The van der Waals surface area contributed by atoms with Crippen molar-refractivity contribution in [1.29, 1.82) is 0 Å². The van der Waals surface area contributed by atoms with Gasteiger partial charge in [0.1, 0.15) is 5.54 Å². The average molecular weight is 433 g/mol. The summed E-state index contributed by atoms with van der Waals surface area (Å²) in [5.74, 6) is 0.798. The molecule has 1 atom stereocenters. The van der Waals surface area contributed by atoms with Gasteiger partial charge in [-0.3, -0.25) is 9.59 Å². The number of fused-ring (bicyclic) bond motifs is 1. The van der Waals surface area contributed by atoms with Crippen molar-refractivity contribution in [2.75, 3.05) is 13.1 Å². The first-order chi connectivity index (χ1) is 15.6. The number of likely N-dealkylation sites (tertiary alicyclic amines) is 1. The Morgan fingerprint density at radius 2 is 1.88 bits per heavy atom. The predicted octanol–water partition coefficient (Wildman–Crippen LogP) is 3.97. The van der Waals surface area contributed by atoms with Crippen LogP contribution in [0.5, 0.6) is 0 Å². The molecule has 166 valence electrons. The predicted molar refractivity (Wildman–Crippen MR) is 120 cm³/mol. The van der Waals surface area contributed by atoms with E-state index in [0.717, 1.165) is 49.3 Å². The number of amides is 2. The van der Waals surface area contributed by atoms with Crippen LogP contribution in [0.4, 0.5) is 0 Å². The summed E-state index contributed by atoms with van der Waals surface area (Å²) < 4.78 is 5.20. The van der Waals surface area contributed by atoms with Crippen molar-refractivity contribution in [2.24, 2.45) is 5.92 Å². The fourth-order valence-corrected chi connectivity index (χ4v) is 5.17. The molecule has 2 amide bonds. The van der Waals surface area contributed by atoms with Crippen LogP contribution in [0.3, 0.4) is 0 Å². The molecule has 5 rings (SSSR count). The lowest BCUT2D eigenvalue weighted by molar-refractivity contribution is -0.128. The van der Waals surface area contributed by atoms with Crippen LogP contribution in [0.15, 0.2) is 47.0 Å². The highest BCUT2D eigenvalue weighted by Crippen LogP contribution is 2.38. The van der Waals surface area contributed by atoms with E-state index in [1.54, 1.807) is 6.92 Å². The lowest BCUT2D eigenvalue weighted by Gasteiger charge is -2.35. The minimum Gasteiger partial charge on any atom is -0.343 e. The number of aromatic nitrogens is 2. The van der Waals surface area contributed by atoms with Gasteiger partial charge in [-0.1, -0.05) is 54.4 Å². The first kappa shape index (κ1) is 20.7. The van der Waals surface area contributed by atoms with E-state index >= 15 is 0 Å². The van der Waals surface area contributed by atoms with Crippen LogP contribution < -0.4 is 5.32 Å². The molecule has 1 unspecified atom stereocenters. The second kappa shape index (κ2) is 8.37. The fourth-order valence-electron chi connectivity index (χ4n) is 5.17. The highest BCUT2D eigenvalue weighted by Gasteiger charge is 2.43. The maximum absolute atomic E-state index is 13.4. The van der Waals surface area contributed by atoms with Gasteiger partial charge in [-0.25, -0.2) is 0 Å². The molecule has 2 fully saturated rings. The first-order valence-electron chi connectivity index (χ1n) is 11.5. The SMILES string of the molecule is Cc1nc(C2(NC(=O)C3CCCN(C(=O)c4cccc5ccccc45)C3)CCCC2)no1. The van der Waals surface area contributed by atoms with Gasteiger partial charge in [-0.05, 0) is 42.5 Å². The minimum atomic E-state index is -0.559. The molecular weight excluding hydrogens is 404 g/mol. The van der Waals surface area contributed by atoms with Gasteiger partial charge in [-0.15, -0.1) is 0 Å². The highest BCUT2D eigenvalue weighted by molar-refractivity contribution is 6.07. The molecular formula is C25H28N4O3. The molecule has 3 aromatic rings. The van der Waals surface area contributed by atoms with Gasteiger partial charge in [0, 0.05) is 25.6 Å². The summed E-state index contributed by atoms with van der Waals surface area (Å²) in [7, 11) is 0. The number of carbonyl (C=O) groups excluding carboxylic acids is 2. The Bertz CT molecular complexity index is 1140. The maximum atomic E-state index is 13.4. The fraction of sp³-hybridized carbons (Fsp3) is 0.440. The third-order valence-electron chi connectivity index (χ3n) is 6.87. The van der Waals surface area contributed by atoms with Crippen LogP contribution in [-0.2, 0) is 10.3 Å². The van der Waals surface area contributed by atoms with Crippen LogP contribution in [0.25, 0.3) is 10.8 Å². The topological polar surface area (TPSA) is 88.3 Å². The van der Waals surface area contributed by atoms with Crippen molar-refractivity contribution in [1.82, 2.24) is 20.4 Å². The van der Waals surface area contributed by atoms with E-state index in [9.17, 15) is 9.59 Å². The van der Waals surface area contributed by atoms with E-state index in [0.29, 0.717) is 30.4 Å². The molecule has 0 radical (unpaired) electrons. The van der Waals surface area contributed by atoms with E-state index in [1.807, 2.05) is 47.4 Å². The molecule has 1 aliphatic heterocycles. The molecule has 1 saturated carbocycles. The molecule has 0 spiro atoms. The van der Waals surface area contributed by atoms with Crippen molar-refractivity contribution in [3.63, 3.8) is 0 Å². The molecule has 1 N–H and O–H groups in total. The third kappa shape index (κ3) is 3.76. The van der Waals surface area contributed by atoms with Crippen LogP contribution >= 0.6 is 0 Å². The van der Waals surface area contributed by atoms with Gasteiger partial charge in [-0.2, -0.15) is 4.98 Å². The standard InChI is InChI=1S/C25H28N4O3/c1-17-26-24(28-32-17)25(13-4-5-14-25)27-22(30)19-10-7-15-29(16-19)23(31)21-12-6-9-18-8-2-3-11-20(18)21/h2-3,6,8-9,11-12,19H,4-5,7,10,13-16H2,1H3,(H,27,30). The molecule has 2 aromatic carbocycles. The molecule has 0 bridgehead atoms. The van der Waals surface area contributed by atoms with E-state index < -0.39 is 5.54 Å². The van der Waals surface area contributed by atoms with Crippen molar-refractivity contribution < 1.29 is 14.1 Å². The summed E-state index contributed by atoms with van der Waals surface area (Å²) >= 11 is 0. The van der Waals surface area contributed by atoms with Crippen molar-refractivity contribution in [2.45, 2.75) is 51.0 Å². The number of aryl methyl sites for hydroxylation is 1. The van der Waals surface area contributed by atoms with Gasteiger partial charge in [0.15, 0.2) is 5.82 Å². The number of nitrogens with one attached hydrogen (secondary N) is 1. The maximum Gasteiger partial charge on any atom is 0.254 e. The van der Waals surface area contributed by atoms with E-state index in [-0.39, 0.29) is 17.7 Å². The zero-order valence-corrected chi connectivity index (χ0v) is 18.3. The van der Waals surface area contributed by atoms with E-state index in [1.165, 1.54) is 0 Å². The Morgan fingerprint density at radius 3 is 2.66 bits per heavy atom. The van der Waals surface area contributed by atoms with E-state index in [2.05, 4.69) is 15.5 Å². The van der Waals surface area contributed by atoms with Gasteiger partial charge in [0.2, 0.25) is 11.8 Å². The number of nitrogens with zero attached hydrogens (tertiary/aromatic N) is 3. The quantitative estimate of drug-likeness (QED) is 0.674. The Kier molecular flexibility index (Phi) is 5.41. The number of hydrogen-bond acceptors (Lipinski definition) is 5. The Morgan fingerprint density at radius 1 is 1.09 bits per heavy atom. The van der Waals surface area contributed by atoms with Crippen molar-refractivity contribution in [3.8, 4) is 0 Å². The van der Waals surface area contributed by atoms with Gasteiger partial charge in [0.05, 0.1) is 5.92 Å². The third-order valence-corrected chi connectivity index (χ3v) is 6.87. The minimum absolute atomic E-state index is 0.0105. The second-order valence-corrected chi connectivity index (χ2v) is 9.03. The second-order valence-electron chi connectivity index (χ2n) is 9.03. The molecule has 2 aliphatic rings. The zero-order valence-electron chi connectivity index (χ0n) is 18.3. The average Bonchev–Trinajstić information content (AvgIpc) is 3.48. The molecule has 1 aliphatic carbocycles. The van der Waals surface area contributed by atoms with Crippen LogP contribution in [-0.4, -0.2) is 39.9 Å². The highest BCUT2D eigenvalue weighted by atomic mass is 16.5. The van der Waals surface area contributed by atoms with Gasteiger partial charge < -0.3 is 14.7 Å². The van der Waals surface area contributed by atoms with Crippen molar-refractivity contribution in [3.05, 3.63) is 59.7 Å². The van der Waals surface area contributed by atoms with Gasteiger partial charge in [0.25, 0.3) is 5.91 Å².